The fraction of sp³-hybridized carbons (Fsp3) is 0.357. The second kappa shape index (κ2) is 5.99. The summed E-state index contributed by atoms with van der Waals surface area (Å²) in [7, 11) is 1.58. The van der Waals surface area contributed by atoms with Gasteiger partial charge in [0.2, 0.25) is 5.78 Å². The van der Waals surface area contributed by atoms with Crippen molar-refractivity contribution >= 4 is 40.7 Å². The molecule has 116 valence electrons. The van der Waals surface area contributed by atoms with Crippen molar-refractivity contribution < 1.29 is 4.79 Å². The molecule has 0 unspecified atom stereocenters. The lowest BCUT2D eigenvalue weighted by atomic mass is 9.93. The molecule has 0 amide bonds. The minimum atomic E-state index is -0.538. The molecule has 0 atom stereocenters. The van der Waals surface area contributed by atoms with Crippen LogP contribution in [0.5, 0.6) is 0 Å². The number of nitrogens with one attached hydrogen (secondary N) is 1. The van der Waals surface area contributed by atoms with E-state index in [0.717, 1.165) is 5.70 Å². The van der Waals surface area contributed by atoms with Crippen molar-refractivity contribution in [1.29, 1.82) is 5.26 Å². The van der Waals surface area contributed by atoms with Crippen LogP contribution in [0.4, 0.5) is 0 Å². The molecule has 0 saturated heterocycles. The smallest absolute Gasteiger partial charge is 0.212 e. The number of carbonyl (C=O) groups excluding carboxylic acids is 1. The zero-order valence-electron chi connectivity index (χ0n) is 12.5. The van der Waals surface area contributed by atoms with Crippen LogP contribution in [0.3, 0.4) is 0 Å². The van der Waals surface area contributed by atoms with E-state index in [9.17, 15) is 10.1 Å². The zero-order valence-corrected chi connectivity index (χ0v) is 14.8. The number of thioether (sulfide) groups is 1. The maximum atomic E-state index is 12.6. The Morgan fingerprint density at radius 2 is 2.09 bits per heavy atom. The lowest BCUT2D eigenvalue weighted by Gasteiger charge is -2.20. The number of hydrogen-bond acceptors (Lipinski definition) is 5. The molecule has 22 heavy (non-hydrogen) atoms. The summed E-state index contributed by atoms with van der Waals surface area (Å²) in [6, 6.07) is 1.94. The van der Waals surface area contributed by atoms with Crippen molar-refractivity contribution in [3.05, 3.63) is 37.6 Å². The van der Waals surface area contributed by atoms with E-state index in [1.54, 1.807) is 7.05 Å². The molecule has 0 fully saturated rings. The highest BCUT2D eigenvalue weighted by atomic mass is 35.5. The lowest BCUT2D eigenvalue weighted by Crippen LogP contribution is -2.21. The Balaban J connectivity index is 2.41. The molecule has 0 aromatic carbocycles. The van der Waals surface area contributed by atoms with E-state index in [-0.39, 0.29) is 26.9 Å². The van der Waals surface area contributed by atoms with Gasteiger partial charge in [0, 0.05) is 18.2 Å². The van der Waals surface area contributed by atoms with Gasteiger partial charge in [0.1, 0.15) is 16.8 Å². The van der Waals surface area contributed by atoms with Gasteiger partial charge in [-0.1, -0.05) is 55.7 Å². The van der Waals surface area contributed by atoms with Crippen LogP contribution >= 0.6 is 35.0 Å². The lowest BCUT2D eigenvalue weighted by molar-refractivity contribution is 0.103. The molecule has 5 nitrogen and oxygen atoms in total. The van der Waals surface area contributed by atoms with Crippen LogP contribution in [0.1, 0.15) is 31.1 Å². The number of hydrogen-bond donors (Lipinski definition) is 1. The second-order valence-electron chi connectivity index (χ2n) is 5.75. The number of halogens is 2. The summed E-state index contributed by atoms with van der Waals surface area (Å²) < 4.78 is 1.30. The standard InChI is InChI=1S/C14H14Cl2N4OS/c1-14(2,3)8-6-22-13(18-8)7(5-17)10(21)9-11(15)19-20(4)12(9)16/h6,18H,1-4H3/b13-7+. The van der Waals surface area contributed by atoms with E-state index >= 15 is 0 Å². The summed E-state index contributed by atoms with van der Waals surface area (Å²) in [6.07, 6.45) is 0. The molecule has 1 aliphatic rings. The minimum Gasteiger partial charge on any atom is -0.351 e. The Hall–Kier alpha value is -1.42. The molecule has 1 N–H and O–H groups in total. The van der Waals surface area contributed by atoms with Crippen molar-refractivity contribution in [1.82, 2.24) is 15.1 Å². The van der Waals surface area contributed by atoms with Crippen LogP contribution in [0, 0.1) is 16.7 Å². The van der Waals surface area contributed by atoms with Gasteiger partial charge in [0.15, 0.2) is 5.15 Å². The Kier molecular flexibility index (Phi) is 4.62. The molecule has 0 spiro atoms. The Bertz CT molecular complexity index is 750. The van der Waals surface area contributed by atoms with Crippen molar-refractivity contribution in [3.8, 4) is 6.07 Å². The van der Waals surface area contributed by atoms with Crippen LogP contribution in [0.25, 0.3) is 0 Å². The molecule has 2 rings (SSSR count). The molecule has 8 heteroatoms. The van der Waals surface area contributed by atoms with Gasteiger partial charge in [-0.2, -0.15) is 10.4 Å². The predicted molar refractivity (Wildman–Crippen MR) is 88.5 cm³/mol. The highest BCUT2D eigenvalue weighted by Gasteiger charge is 2.30. The topological polar surface area (TPSA) is 70.7 Å². The maximum absolute atomic E-state index is 12.6. The molecule has 0 aliphatic carbocycles. The van der Waals surface area contributed by atoms with Crippen molar-refractivity contribution in [2.24, 2.45) is 12.5 Å². The third-order valence-corrected chi connectivity index (χ3v) is 4.67. The number of nitrogens with zero attached hydrogens (tertiary/aromatic N) is 3. The number of rotatable bonds is 2. The normalized spacial score (nSPS) is 16.9. The molecule has 2 heterocycles. The molecule has 0 radical (unpaired) electrons. The molecule has 0 saturated carbocycles. The molecule has 1 aliphatic heterocycles. The fourth-order valence-electron chi connectivity index (χ4n) is 1.77. The summed E-state index contributed by atoms with van der Waals surface area (Å²) in [5.74, 6) is -0.538. The first-order chi connectivity index (χ1) is 10.2. The quantitative estimate of drug-likeness (QED) is 0.494. The molecule has 1 aromatic rings. The number of Topliss-reactive ketones (excluding diaryl/α,β-unsaturated/α-hetero) is 1. The molecular formula is C14H14Cl2N4OS. The average Bonchev–Trinajstić information content (AvgIpc) is 2.97. The fourth-order valence-corrected chi connectivity index (χ4v) is 3.40. The van der Waals surface area contributed by atoms with Gasteiger partial charge in [-0.25, -0.2) is 0 Å². The first-order valence-corrected chi connectivity index (χ1v) is 8.01. The van der Waals surface area contributed by atoms with E-state index in [0.29, 0.717) is 5.03 Å². The summed E-state index contributed by atoms with van der Waals surface area (Å²) >= 11 is 13.3. The SMILES string of the molecule is Cn1nc(Cl)c(C(=O)/C(C#N)=C2\NC(C(C)(C)C)=CS2)c1Cl. The van der Waals surface area contributed by atoms with Crippen LogP contribution < -0.4 is 5.32 Å². The van der Waals surface area contributed by atoms with Gasteiger partial charge in [-0.15, -0.1) is 0 Å². The van der Waals surface area contributed by atoms with Crippen molar-refractivity contribution in [2.75, 3.05) is 0 Å². The average molecular weight is 357 g/mol. The number of ketones is 1. The third kappa shape index (κ3) is 3.02. The van der Waals surface area contributed by atoms with Gasteiger partial charge in [0.05, 0.1) is 10.6 Å². The van der Waals surface area contributed by atoms with Crippen LogP contribution in [-0.2, 0) is 7.05 Å². The summed E-state index contributed by atoms with van der Waals surface area (Å²) in [5, 5.41) is 18.9. The summed E-state index contributed by atoms with van der Waals surface area (Å²) in [4.78, 5) is 12.6. The van der Waals surface area contributed by atoms with E-state index in [2.05, 4.69) is 10.4 Å². The van der Waals surface area contributed by atoms with Gasteiger partial charge < -0.3 is 5.32 Å². The van der Waals surface area contributed by atoms with Crippen molar-refractivity contribution in [2.45, 2.75) is 20.8 Å². The van der Waals surface area contributed by atoms with E-state index in [4.69, 9.17) is 23.2 Å². The van der Waals surface area contributed by atoms with Crippen molar-refractivity contribution in [3.63, 3.8) is 0 Å². The number of aromatic nitrogens is 2. The molecular weight excluding hydrogens is 343 g/mol. The monoisotopic (exact) mass is 356 g/mol. The van der Waals surface area contributed by atoms with E-state index in [1.807, 2.05) is 32.2 Å². The largest absolute Gasteiger partial charge is 0.351 e. The maximum Gasteiger partial charge on any atom is 0.212 e. The Morgan fingerprint density at radius 3 is 2.50 bits per heavy atom. The van der Waals surface area contributed by atoms with Crippen LogP contribution in [-0.4, -0.2) is 15.6 Å². The number of nitriles is 1. The van der Waals surface area contributed by atoms with E-state index < -0.39 is 5.78 Å². The van der Waals surface area contributed by atoms with E-state index in [1.165, 1.54) is 16.4 Å². The van der Waals surface area contributed by atoms with Gasteiger partial charge in [-0.05, 0) is 5.41 Å². The number of allylic oxidation sites excluding steroid dienone is 2. The van der Waals surface area contributed by atoms with Gasteiger partial charge in [0.25, 0.3) is 0 Å². The first kappa shape index (κ1) is 16.9. The molecule has 0 bridgehead atoms. The number of carbonyl (C=O) groups is 1. The summed E-state index contributed by atoms with van der Waals surface area (Å²) in [5.41, 5.74) is 0.845. The number of aryl methyl sites for hydroxylation is 1. The predicted octanol–water partition coefficient (Wildman–Crippen LogP) is 3.87. The minimum absolute atomic E-state index is 0.0159. The second-order valence-corrected chi connectivity index (χ2v) is 7.35. The first-order valence-electron chi connectivity index (χ1n) is 6.38. The summed E-state index contributed by atoms with van der Waals surface area (Å²) in [6.45, 7) is 6.12. The third-order valence-electron chi connectivity index (χ3n) is 3.08. The zero-order chi connectivity index (χ0) is 16.7. The van der Waals surface area contributed by atoms with Gasteiger partial charge >= 0.3 is 0 Å². The Labute approximate surface area is 143 Å². The Morgan fingerprint density at radius 1 is 1.45 bits per heavy atom. The van der Waals surface area contributed by atoms with Crippen LogP contribution in [0.15, 0.2) is 21.7 Å². The highest BCUT2D eigenvalue weighted by molar-refractivity contribution is 8.06. The highest BCUT2D eigenvalue weighted by Crippen LogP contribution is 2.37. The molecule has 1 aromatic heterocycles. The van der Waals surface area contributed by atoms with Crippen LogP contribution in [0.2, 0.25) is 10.3 Å². The van der Waals surface area contributed by atoms with Gasteiger partial charge in [-0.3, -0.25) is 9.48 Å².